The monoisotopic (exact) mass is 858 g/mol. The maximum absolute atomic E-state index is 14.0. The van der Waals surface area contributed by atoms with Crippen molar-refractivity contribution < 1.29 is 29.3 Å². The van der Waals surface area contributed by atoms with Crippen molar-refractivity contribution in [3.63, 3.8) is 0 Å². The lowest BCUT2D eigenvalue weighted by molar-refractivity contribution is -0.148. The minimum Gasteiger partial charge on any atom is -0.504 e. The van der Waals surface area contributed by atoms with Crippen molar-refractivity contribution in [2.75, 3.05) is 24.7 Å². The van der Waals surface area contributed by atoms with E-state index in [1.807, 2.05) is 46.0 Å². The van der Waals surface area contributed by atoms with Gasteiger partial charge in [0.25, 0.3) is 0 Å². The Morgan fingerprint density at radius 3 is 2.42 bits per heavy atom. The number of carbonyl (C=O) groups excluding carboxylic acids is 2. The minimum absolute atomic E-state index is 0.0314. The largest absolute Gasteiger partial charge is 0.504 e. The molecule has 4 bridgehead atoms. The van der Waals surface area contributed by atoms with Gasteiger partial charge in [-0.25, -0.2) is 4.99 Å². The maximum Gasteiger partial charge on any atom is 0.302 e. The van der Waals surface area contributed by atoms with Gasteiger partial charge in [0.05, 0.1) is 18.1 Å². The Balaban J connectivity index is 1.22. The second-order valence-electron chi connectivity index (χ2n) is 17.3. The normalized spacial score (nSPS) is 24.6. The van der Waals surface area contributed by atoms with Crippen molar-refractivity contribution in [3.05, 3.63) is 95.1 Å². The molecular formula is C48H66N4O6S2. The molecule has 0 unspecified atom stereocenters. The van der Waals surface area contributed by atoms with Crippen LogP contribution in [-0.4, -0.2) is 76.0 Å². The number of nitrogens with zero attached hydrogens (tertiary/aromatic N) is 2. The fourth-order valence-corrected chi connectivity index (χ4v) is 11.3. The fraction of sp³-hybridized carbons (Fsp3) is 0.562. The number of aliphatic hydroxyl groups is 1. The first kappa shape index (κ1) is 45.7. The van der Waals surface area contributed by atoms with E-state index in [0.29, 0.717) is 74.3 Å². The molecule has 3 aromatic carbocycles. The standard InChI is InChI=1S/C48H66N4O6S2/c1-35(53)57-43-23-22-39-26-40(46(56)44(27-39)58-42-18-10-11-19-42)31-52-33-48(30-45(52)55,29-37-14-6-3-7-15-37)24-25-50-47(49)51-34-60-59-32-38(16-8-9-17-41(54)28-43)21-20-36-12-4-2-5-13-36/h2-7,12-15,26-27,38,41-43,54,56H,8-11,16-25,28-34H2,1H3,(H3,49,50,51)/t38-,41+,43-,48+/m1/s1. The highest BCUT2D eigenvalue weighted by Crippen LogP contribution is 2.42. The van der Waals surface area contributed by atoms with Crippen LogP contribution in [0.15, 0.2) is 77.8 Å². The molecule has 0 radical (unpaired) electrons. The number of aliphatic hydroxyl groups excluding tert-OH is 1. The number of rotatable bonds is 8. The van der Waals surface area contributed by atoms with E-state index in [1.165, 1.54) is 18.1 Å². The number of aryl methyl sites for hydroxylation is 2. The van der Waals surface area contributed by atoms with E-state index in [-0.39, 0.29) is 35.7 Å². The molecule has 1 saturated heterocycles. The highest BCUT2D eigenvalue weighted by molar-refractivity contribution is 8.76. The van der Waals surface area contributed by atoms with Gasteiger partial charge in [-0.3, -0.25) is 9.59 Å². The number of aromatic hydroxyl groups is 1. The van der Waals surface area contributed by atoms with Gasteiger partial charge in [-0.05, 0) is 106 Å². The van der Waals surface area contributed by atoms with Crippen LogP contribution in [-0.2, 0) is 40.1 Å². The molecule has 12 heteroatoms. The number of nitrogens with one attached hydrogen (secondary N) is 1. The lowest BCUT2D eigenvalue weighted by Crippen LogP contribution is -2.37. The Morgan fingerprint density at radius 2 is 1.67 bits per heavy atom. The molecule has 1 aliphatic carbocycles. The summed E-state index contributed by atoms with van der Waals surface area (Å²) in [5.41, 5.74) is 10.1. The molecule has 2 fully saturated rings. The third kappa shape index (κ3) is 14.6. The number of amides is 1. The molecule has 3 aliphatic rings. The summed E-state index contributed by atoms with van der Waals surface area (Å²) < 4.78 is 12.2. The number of aliphatic imine (C=N–C) groups is 1. The molecule has 326 valence electrons. The van der Waals surface area contributed by atoms with Crippen molar-refractivity contribution >= 4 is 39.4 Å². The summed E-state index contributed by atoms with van der Waals surface area (Å²) in [6.45, 7) is 2.79. The number of phenolic OH excluding ortho intramolecular Hbond substituents is 1. The molecule has 1 amide bonds. The first-order chi connectivity index (χ1) is 29.1. The number of ether oxygens (including phenoxy) is 2. The second-order valence-corrected chi connectivity index (χ2v) is 19.8. The van der Waals surface area contributed by atoms with Crippen molar-refractivity contribution in [1.82, 2.24) is 10.2 Å². The molecule has 1 saturated carbocycles. The summed E-state index contributed by atoms with van der Waals surface area (Å²) in [5.74, 6) is 2.68. The zero-order valence-corrected chi connectivity index (χ0v) is 37.0. The van der Waals surface area contributed by atoms with Gasteiger partial charge in [0.15, 0.2) is 17.5 Å². The molecular weight excluding hydrogens is 793 g/mol. The van der Waals surface area contributed by atoms with Gasteiger partial charge in [-0.1, -0.05) is 101 Å². The lowest BCUT2D eigenvalue weighted by Gasteiger charge is -2.30. The third-order valence-corrected chi connectivity index (χ3v) is 14.6. The summed E-state index contributed by atoms with van der Waals surface area (Å²) in [4.78, 5) is 32.7. The Hall–Kier alpha value is -3.87. The van der Waals surface area contributed by atoms with Gasteiger partial charge in [-0.2, -0.15) is 0 Å². The highest BCUT2D eigenvalue weighted by atomic mass is 33.1. The Bertz CT molecular complexity index is 1830. The Morgan fingerprint density at radius 1 is 0.950 bits per heavy atom. The first-order valence-electron chi connectivity index (χ1n) is 22.1. The van der Waals surface area contributed by atoms with E-state index < -0.39 is 12.2 Å². The molecule has 6 rings (SSSR count). The third-order valence-electron chi connectivity index (χ3n) is 12.3. The van der Waals surface area contributed by atoms with Crippen LogP contribution in [0.1, 0.15) is 113 Å². The van der Waals surface area contributed by atoms with Crippen LogP contribution in [0, 0.1) is 11.3 Å². The maximum atomic E-state index is 14.0. The molecule has 3 aromatic rings. The molecule has 0 spiro atoms. The van der Waals surface area contributed by atoms with Crippen LogP contribution in [0.5, 0.6) is 11.5 Å². The number of phenols is 1. The molecule has 10 nitrogen and oxygen atoms in total. The second kappa shape index (κ2) is 23.4. The van der Waals surface area contributed by atoms with Gasteiger partial charge in [0, 0.05) is 56.1 Å². The van der Waals surface area contributed by atoms with E-state index >= 15 is 0 Å². The molecule has 4 atom stereocenters. The first-order valence-corrected chi connectivity index (χ1v) is 24.6. The van der Waals surface area contributed by atoms with Gasteiger partial charge < -0.3 is 35.6 Å². The van der Waals surface area contributed by atoms with Gasteiger partial charge >= 0.3 is 5.97 Å². The van der Waals surface area contributed by atoms with Gasteiger partial charge in [-0.15, -0.1) is 0 Å². The number of carbonyl (C=O) groups is 2. The van der Waals surface area contributed by atoms with Crippen LogP contribution in [0.3, 0.4) is 0 Å². The average molecular weight is 859 g/mol. The number of hydrogen-bond donors (Lipinski definition) is 4. The van der Waals surface area contributed by atoms with Crippen molar-refractivity contribution in [3.8, 4) is 11.5 Å². The number of nitrogens with two attached hydrogens (primary N) is 1. The number of hydrogen-bond acceptors (Lipinski definition) is 11. The van der Waals surface area contributed by atoms with Crippen molar-refractivity contribution in [2.45, 2.75) is 135 Å². The molecule has 2 aliphatic heterocycles. The van der Waals surface area contributed by atoms with Crippen LogP contribution in [0.4, 0.5) is 0 Å². The van der Waals surface area contributed by atoms with Crippen LogP contribution in [0.25, 0.3) is 0 Å². The summed E-state index contributed by atoms with van der Waals surface area (Å²) in [6.07, 6.45) is 12.1. The lowest BCUT2D eigenvalue weighted by atomic mass is 9.77. The van der Waals surface area contributed by atoms with E-state index in [9.17, 15) is 19.8 Å². The van der Waals surface area contributed by atoms with E-state index in [4.69, 9.17) is 15.2 Å². The van der Waals surface area contributed by atoms with Crippen LogP contribution in [0.2, 0.25) is 0 Å². The quantitative estimate of drug-likeness (QED) is 0.128. The Labute approximate surface area is 365 Å². The van der Waals surface area contributed by atoms with Crippen LogP contribution >= 0.6 is 21.6 Å². The minimum atomic E-state index is -0.591. The van der Waals surface area contributed by atoms with E-state index in [1.54, 1.807) is 10.8 Å². The zero-order valence-electron chi connectivity index (χ0n) is 35.4. The Kier molecular flexibility index (Phi) is 17.8. The molecule has 0 aromatic heterocycles. The smallest absolute Gasteiger partial charge is 0.302 e. The predicted octanol–water partition coefficient (Wildman–Crippen LogP) is 8.75. The van der Waals surface area contributed by atoms with Gasteiger partial charge in [0.1, 0.15) is 6.10 Å². The summed E-state index contributed by atoms with van der Waals surface area (Å²) in [6, 6.07) is 24.8. The predicted molar refractivity (Wildman–Crippen MR) is 244 cm³/mol. The number of guanidine groups is 1. The van der Waals surface area contributed by atoms with Crippen LogP contribution < -0.4 is 15.8 Å². The van der Waals surface area contributed by atoms with Crippen molar-refractivity contribution in [2.24, 2.45) is 22.1 Å². The number of fused-ring (bicyclic) bond motifs is 4. The molecule has 5 N–H and O–H groups in total. The average Bonchev–Trinajstić information content (AvgIpc) is 3.85. The number of benzene rings is 3. The van der Waals surface area contributed by atoms with Crippen molar-refractivity contribution in [1.29, 1.82) is 0 Å². The van der Waals surface area contributed by atoms with E-state index in [2.05, 4.69) is 52.8 Å². The highest BCUT2D eigenvalue weighted by Gasteiger charge is 2.43. The summed E-state index contributed by atoms with van der Waals surface area (Å²) in [5, 5.41) is 26.2. The zero-order chi connectivity index (χ0) is 42.2. The molecule has 60 heavy (non-hydrogen) atoms. The summed E-state index contributed by atoms with van der Waals surface area (Å²) >= 11 is 0. The SMILES string of the molecule is CC(=O)O[C@@H]1CCc2cc(c(O)c(OC3CCCC3)c2)CN2C[C@](Cc3ccccc3)(CCNC(N)=NCSSC[C@@H](CCc3ccccc3)CCCC[C@H](O)C1)CC2=O. The number of esters is 1. The molecule has 2 heterocycles. The topological polar surface area (TPSA) is 147 Å². The fourth-order valence-electron chi connectivity index (χ4n) is 9.14. The summed E-state index contributed by atoms with van der Waals surface area (Å²) in [7, 11) is 3.55. The van der Waals surface area contributed by atoms with Gasteiger partial charge in [0.2, 0.25) is 5.91 Å². The van der Waals surface area contributed by atoms with E-state index in [0.717, 1.165) is 81.9 Å².